The van der Waals surface area contributed by atoms with E-state index in [1.54, 1.807) is 12.1 Å². The zero-order valence-corrected chi connectivity index (χ0v) is 22.7. The summed E-state index contributed by atoms with van der Waals surface area (Å²) in [5.74, 6) is 1.64. The van der Waals surface area contributed by atoms with Gasteiger partial charge in [-0.2, -0.15) is 0 Å². The fraction of sp³-hybridized carbons (Fsp3) is 0.742. The molecule has 4 nitrogen and oxygen atoms in total. The molecule has 200 valence electrons. The van der Waals surface area contributed by atoms with Crippen LogP contribution in [0.1, 0.15) is 84.6 Å². The van der Waals surface area contributed by atoms with Crippen molar-refractivity contribution in [3.63, 3.8) is 0 Å². The Morgan fingerprint density at radius 1 is 0.889 bits per heavy atom. The maximum Gasteiger partial charge on any atom is 0.147 e. The van der Waals surface area contributed by atoms with Gasteiger partial charge in [-0.1, -0.05) is 32.1 Å². The minimum absolute atomic E-state index is 0.107. The van der Waals surface area contributed by atoms with Crippen LogP contribution in [0.15, 0.2) is 30.3 Å². The van der Waals surface area contributed by atoms with Gasteiger partial charge in [-0.25, -0.2) is 4.39 Å². The van der Waals surface area contributed by atoms with E-state index in [1.165, 1.54) is 31.3 Å². The van der Waals surface area contributed by atoms with Gasteiger partial charge in [-0.15, -0.1) is 0 Å². The minimum atomic E-state index is -0.273. The van der Waals surface area contributed by atoms with Crippen LogP contribution in [0.25, 0.3) is 5.57 Å². The van der Waals surface area contributed by atoms with Crippen LogP contribution >= 0.6 is 0 Å². The van der Waals surface area contributed by atoms with Crippen molar-refractivity contribution in [3.8, 4) is 0 Å². The summed E-state index contributed by atoms with van der Waals surface area (Å²) in [5.41, 5.74) is 2.40. The van der Waals surface area contributed by atoms with Crippen LogP contribution in [0.3, 0.4) is 0 Å². The van der Waals surface area contributed by atoms with E-state index in [-0.39, 0.29) is 16.8 Å². The van der Waals surface area contributed by atoms with Gasteiger partial charge < -0.3 is 18.9 Å². The Labute approximate surface area is 216 Å². The van der Waals surface area contributed by atoms with Crippen molar-refractivity contribution < 1.29 is 23.3 Å². The summed E-state index contributed by atoms with van der Waals surface area (Å²) < 4.78 is 38.0. The fourth-order valence-electron chi connectivity index (χ4n) is 8.73. The summed E-state index contributed by atoms with van der Waals surface area (Å²) in [5, 5.41) is 0. The molecule has 36 heavy (non-hydrogen) atoms. The Bertz CT molecular complexity index is 931. The van der Waals surface area contributed by atoms with E-state index >= 15 is 0 Å². The molecule has 1 aromatic rings. The number of fused-ring (bicyclic) bond motifs is 5. The lowest BCUT2D eigenvalue weighted by Gasteiger charge is -2.64. The summed E-state index contributed by atoms with van der Waals surface area (Å²) in [4.78, 5) is 0. The molecule has 1 aromatic carbocycles. The molecule has 0 aromatic heterocycles. The quantitative estimate of drug-likeness (QED) is 0.262. The van der Waals surface area contributed by atoms with Crippen LogP contribution in [0, 0.1) is 34.4 Å². The third kappa shape index (κ3) is 4.28. The molecule has 0 heterocycles. The maximum atomic E-state index is 13.7. The summed E-state index contributed by atoms with van der Waals surface area (Å²) >= 11 is 0. The highest BCUT2D eigenvalue weighted by molar-refractivity contribution is 5.74. The van der Waals surface area contributed by atoms with Gasteiger partial charge in [0.1, 0.15) is 19.4 Å². The van der Waals surface area contributed by atoms with Crippen molar-refractivity contribution in [2.45, 2.75) is 90.8 Å². The molecule has 0 N–H and O–H groups in total. The van der Waals surface area contributed by atoms with Crippen molar-refractivity contribution in [3.05, 3.63) is 41.7 Å². The van der Waals surface area contributed by atoms with E-state index in [0.29, 0.717) is 56.1 Å². The first-order chi connectivity index (χ1) is 17.4. The second kappa shape index (κ2) is 10.5. The largest absolute Gasteiger partial charge is 0.356 e. The molecule has 3 fully saturated rings. The summed E-state index contributed by atoms with van der Waals surface area (Å²) in [7, 11) is 0. The van der Waals surface area contributed by atoms with Gasteiger partial charge in [0.05, 0.1) is 11.7 Å². The molecule has 5 heteroatoms. The molecule has 0 radical (unpaired) electrons. The Kier molecular flexibility index (Phi) is 7.67. The molecule has 3 saturated carbocycles. The standard InChI is InChI=1S/C31H45FO4/c1-5-33-20-35-25-13-16-29(3)23(19-25)9-12-28-27(29)14-17-30(4)26(22-7-10-24(32)11-8-22)15-18-31(28,30)36-21-34-6-2/h7-8,10-11,15,23,25,27-28H,5-6,9,12-14,16-21H2,1-4H3/t23-,25+,27+,28-,29+,30-,31-/m1/s1. The van der Waals surface area contributed by atoms with Crippen LogP contribution in [0.5, 0.6) is 0 Å². The first kappa shape index (κ1) is 26.3. The lowest BCUT2D eigenvalue weighted by molar-refractivity contribution is -0.250. The number of halogens is 1. The Morgan fingerprint density at radius 3 is 2.39 bits per heavy atom. The molecule has 0 amide bonds. The molecule has 0 unspecified atom stereocenters. The second-order valence-electron chi connectivity index (χ2n) is 12.0. The predicted octanol–water partition coefficient (Wildman–Crippen LogP) is 7.37. The third-order valence-electron chi connectivity index (χ3n) is 10.7. The van der Waals surface area contributed by atoms with Gasteiger partial charge in [0.2, 0.25) is 0 Å². The van der Waals surface area contributed by atoms with Gasteiger partial charge >= 0.3 is 0 Å². The highest BCUT2D eigenvalue weighted by Crippen LogP contribution is 2.70. The molecule has 4 aliphatic carbocycles. The smallest absolute Gasteiger partial charge is 0.147 e. The average molecular weight is 501 g/mol. The van der Waals surface area contributed by atoms with Crippen molar-refractivity contribution in [2.75, 3.05) is 26.8 Å². The molecule has 7 atom stereocenters. The summed E-state index contributed by atoms with van der Waals surface area (Å²) in [6.07, 6.45) is 11.8. The summed E-state index contributed by atoms with van der Waals surface area (Å²) in [6.45, 7) is 11.1. The molecular weight excluding hydrogens is 455 g/mol. The second-order valence-corrected chi connectivity index (χ2v) is 12.0. The number of hydrogen-bond acceptors (Lipinski definition) is 4. The van der Waals surface area contributed by atoms with Gasteiger partial charge in [0.25, 0.3) is 0 Å². The maximum absolute atomic E-state index is 13.7. The van der Waals surface area contributed by atoms with Crippen molar-refractivity contribution >= 4 is 5.57 Å². The van der Waals surface area contributed by atoms with E-state index in [4.69, 9.17) is 18.9 Å². The minimum Gasteiger partial charge on any atom is -0.356 e. The first-order valence-electron chi connectivity index (χ1n) is 14.3. The Balaban J connectivity index is 1.42. The van der Waals surface area contributed by atoms with Gasteiger partial charge in [-0.05, 0) is 112 Å². The van der Waals surface area contributed by atoms with Gasteiger partial charge in [-0.3, -0.25) is 0 Å². The van der Waals surface area contributed by atoms with Crippen molar-refractivity contribution in [1.29, 1.82) is 0 Å². The van der Waals surface area contributed by atoms with Crippen molar-refractivity contribution in [1.82, 2.24) is 0 Å². The Morgan fingerprint density at radius 2 is 1.64 bits per heavy atom. The van der Waals surface area contributed by atoms with Gasteiger partial charge in [0.15, 0.2) is 0 Å². The number of hydrogen-bond donors (Lipinski definition) is 0. The normalized spacial score (nSPS) is 39.8. The third-order valence-corrected chi connectivity index (χ3v) is 10.7. The van der Waals surface area contributed by atoms with E-state index < -0.39 is 0 Å². The molecule has 0 saturated heterocycles. The highest BCUT2D eigenvalue weighted by atomic mass is 19.1. The molecule has 0 aliphatic heterocycles. The fourth-order valence-corrected chi connectivity index (χ4v) is 8.73. The number of ether oxygens (including phenoxy) is 4. The number of rotatable bonds is 9. The predicted molar refractivity (Wildman–Crippen MR) is 140 cm³/mol. The van der Waals surface area contributed by atoms with E-state index in [0.717, 1.165) is 31.2 Å². The lowest BCUT2D eigenvalue weighted by atomic mass is 9.43. The molecule has 4 aliphatic rings. The summed E-state index contributed by atoms with van der Waals surface area (Å²) in [6, 6.07) is 7.06. The van der Waals surface area contributed by atoms with Crippen LogP contribution in [0.2, 0.25) is 0 Å². The van der Waals surface area contributed by atoms with E-state index in [2.05, 4.69) is 19.9 Å². The van der Waals surface area contributed by atoms with E-state index in [9.17, 15) is 4.39 Å². The number of benzene rings is 1. The Hall–Kier alpha value is -1.27. The van der Waals surface area contributed by atoms with Crippen molar-refractivity contribution in [2.24, 2.45) is 28.6 Å². The van der Waals surface area contributed by atoms with E-state index in [1.807, 2.05) is 26.0 Å². The highest BCUT2D eigenvalue weighted by Gasteiger charge is 2.66. The molecular formula is C31H45FO4. The molecule has 0 bridgehead atoms. The lowest BCUT2D eigenvalue weighted by Crippen LogP contribution is -2.63. The topological polar surface area (TPSA) is 36.9 Å². The van der Waals surface area contributed by atoms with Crippen LogP contribution in [0.4, 0.5) is 4.39 Å². The molecule has 5 rings (SSSR count). The van der Waals surface area contributed by atoms with Crippen LogP contribution < -0.4 is 0 Å². The monoisotopic (exact) mass is 500 g/mol. The molecule has 0 spiro atoms. The van der Waals surface area contributed by atoms with Crippen LogP contribution in [-0.2, 0) is 18.9 Å². The average Bonchev–Trinajstić information content (AvgIpc) is 3.18. The SMILES string of the molecule is CCOCO[C@H]1CC[C@@]2(C)[C@H](CC[C@@H]3[C@@H]2CC[C@]2(C)C(c4ccc(F)cc4)=CC[C@@]32OCOCC)C1. The van der Waals surface area contributed by atoms with Gasteiger partial charge in [0, 0.05) is 18.6 Å². The zero-order chi connectivity index (χ0) is 25.4. The zero-order valence-electron chi connectivity index (χ0n) is 22.7. The van der Waals surface area contributed by atoms with Crippen LogP contribution in [-0.4, -0.2) is 38.5 Å². The first-order valence-corrected chi connectivity index (χ1v) is 14.3.